The van der Waals surface area contributed by atoms with E-state index in [9.17, 15) is 14.4 Å². The zero-order chi connectivity index (χ0) is 19.8. The molecule has 1 saturated heterocycles. The Bertz CT molecular complexity index is 800. The number of ether oxygens (including phenoxy) is 2. The van der Waals surface area contributed by atoms with Gasteiger partial charge in [-0.25, -0.2) is 4.79 Å². The van der Waals surface area contributed by atoms with E-state index < -0.39 is 17.6 Å². The van der Waals surface area contributed by atoms with E-state index in [4.69, 9.17) is 9.47 Å². The van der Waals surface area contributed by atoms with Crippen molar-refractivity contribution in [1.82, 2.24) is 10.2 Å². The van der Waals surface area contributed by atoms with Gasteiger partial charge in [0.25, 0.3) is 11.8 Å². The third-order valence-corrected chi connectivity index (χ3v) is 5.21. The molecule has 2 heterocycles. The maximum atomic E-state index is 12.5. The highest BCUT2D eigenvalue weighted by atomic mass is 32.2. The Labute approximate surface area is 162 Å². The van der Waals surface area contributed by atoms with Crippen LogP contribution in [-0.2, 0) is 19.1 Å². The first-order valence-electron chi connectivity index (χ1n) is 8.58. The van der Waals surface area contributed by atoms with Crippen molar-refractivity contribution < 1.29 is 23.9 Å². The van der Waals surface area contributed by atoms with E-state index in [1.165, 1.54) is 16.7 Å². The van der Waals surface area contributed by atoms with E-state index >= 15 is 0 Å². The second kappa shape index (κ2) is 7.26. The molecule has 0 spiro atoms. The highest BCUT2D eigenvalue weighted by Gasteiger charge is 2.56. The molecule has 0 saturated carbocycles. The fourth-order valence-electron chi connectivity index (χ4n) is 2.81. The van der Waals surface area contributed by atoms with Crippen LogP contribution in [0, 0.1) is 0 Å². The van der Waals surface area contributed by atoms with Gasteiger partial charge in [-0.15, -0.1) is 11.8 Å². The summed E-state index contributed by atoms with van der Waals surface area (Å²) in [4.78, 5) is 39.1. The molecule has 2 aliphatic heterocycles. The summed E-state index contributed by atoms with van der Waals surface area (Å²) in [7, 11) is 0. The Morgan fingerprint density at radius 3 is 2.52 bits per heavy atom. The zero-order valence-corrected chi connectivity index (χ0v) is 16.5. The predicted molar refractivity (Wildman–Crippen MR) is 101 cm³/mol. The van der Waals surface area contributed by atoms with Crippen LogP contribution in [0.3, 0.4) is 0 Å². The topological polar surface area (TPSA) is 84.9 Å². The second-order valence-corrected chi connectivity index (χ2v) is 8.60. The maximum absolute atomic E-state index is 12.5. The molecule has 0 aliphatic carbocycles. The molecule has 1 aromatic rings. The quantitative estimate of drug-likeness (QED) is 0.612. The number of hydrogen-bond acceptors (Lipinski definition) is 6. The molecule has 144 valence electrons. The van der Waals surface area contributed by atoms with Crippen LogP contribution in [0.15, 0.2) is 40.9 Å². The normalized spacial score (nSPS) is 21.5. The number of hydrogen-bond donors (Lipinski definition) is 1. The molecular formula is C19H22N2O5S. The molecule has 8 heteroatoms. The lowest BCUT2D eigenvalue weighted by Crippen LogP contribution is -2.68. The fraction of sp³-hybridized carbons (Fsp3) is 0.421. The molecular weight excluding hydrogens is 368 g/mol. The first-order chi connectivity index (χ1) is 12.7. The summed E-state index contributed by atoms with van der Waals surface area (Å²) < 4.78 is 10.8. The average Bonchev–Trinajstić information content (AvgIpc) is 2.91. The van der Waals surface area contributed by atoms with Gasteiger partial charge in [0.15, 0.2) is 6.61 Å². The van der Waals surface area contributed by atoms with Gasteiger partial charge in [0.05, 0.1) is 0 Å². The Balaban J connectivity index is 1.57. The summed E-state index contributed by atoms with van der Waals surface area (Å²) in [5.41, 5.74) is -0.389. The summed E-state index contributed by atoms with van der Waals surface area (Å²) in [6, 6.07) is 8.28. The predicted octanol–water partition coefficient (Wildman–Crippen LogP) is 2.04. The van der Waals surface area contributed by atoms with Gasteiger partial charge in [0, 0.05) is 4.91 Å². The first kappa shape index (κ1) is 19.3. The van der Waals surface area contributed by atoms with Crippen LogP contribution >= 0.6 is 11.8 Å². The van der Waals surface area contributed by atoms with E-state index in [2.05, 4.69) is 5.32 Å². The fourth-order valence-corrected chi connectivity index (χ4v) is 4.10. The Morgan fingerprint density at radius 1 is 1.22 bits per heavy atom. The molecule has 0 radical (unpaired) electrons. The number of carbonyl (C=O) groups excluding carboxylic acids is 3. The van der Waals surface area contributed by atoms with Gasteiger partial charge in [-0.2, -0.15) is 0 Å². The van der Waals surface area contributed by atoms with E-state index in [0.717, 1.165) is 0 Å². The number of nitrogens with one attached hydrogen (secondary N) is 1. The van der Waals surface area contributed by atoms with Crippen LogP contribution in [0.4, 0.5) is 0 Å². The molecule has 2 atom stereocenters. The van der Waals surface area contributed by atoms with Crippen molar-refractivity contribution in [2.45, 2.75) is 44.7 Å². The van der Waals surface area contributed by atoms with Gasteiger partial charge in [-0.05, 0) is 39.8 Å². The molecule has 2 amide bonds. The summed E-state index contributed by atoms with van der Waals surface area (Å²) in [5.74, 6) is -0.659. The van der Waals surface area contributed by atoms with Gasteiger partial charge in [0.2, 0.25) is 0 Å². The van der Waals surface area contributed by atoms with Crippen molar-refractivity contribution in [3.05, 3.63) is 40.9 Å². The smallest absolute Gasteiger partial charge is 0.356 e. The lowest BCUT2D eigenvalue weighted by Gasteiger charge is -2.42. The van der Waals surface area contributed by atoms with Crippen LogP contribution in [0.5, 0.6) is 5.75 Å². The number of nitrogens with zero attached hydrogens (tertiary/aromatic N) is 1. The molecule has 1 aromatic carbocycles. The van der Waals surface area contributed by atoms with Crippen LogP contribution in [0.1, 0.15) is 27.7 Å². The highest BCUT2D eigenvalue weighted by molar-refractivity contribution is 8.04. The highest BCUT2D eigenvalue weighted by Crippen LogP contribution is 2.46. The zero-order valence-electron chi connectivity index (χ0n) is 15.6. The number of carbonyl (C=O) groups is 3. The van der Waals surface area contributed by atoms with Crippen LogP contribution < -0.4 is 10.1 Å². The van der Waals surface area contributed by atoms with Crippen LogP contribution in [0.25, 0.3) is 0 Å². The Morgan fingerprint density at radius 2 is 1.89 bits per heavy atom. The molecule has 0 aromatic heterocycles. The summed E-state index contributed by atoms with van der Waals surface area (Å²) in [6.45, 7) is 6.90. The Hall–Kier alpha value is -2.48. The molecule has 2 aliphatic rings. The molecule has 7 nitrogen and oxygen atoms in total. The van der Waals surface area contributed by atoms with Gasteiger partial charge in [-0.3, -0.25) is 14.5 Å². The minimum absolute atomic E-state index is 0.184. The number of esters is 1. The first-order valence-corrected chi connectivity index (χ1v) is 9.46. The van der Waals surface area contributed by atoms with E-state index in [1.807, 2.05) is 18.2 Å². The number of allylic oxidation sites excluding steroid dienone is 1. The molecule has 27 heavy (non-hydrogen) atoms. The maximum Gasteiger partial charge on any atom is 0.356 e. The van der Waals surface area contributed by atoms with Crippen molar-refractivity contribution in [2.24, 2.45) is 0 Å². The van der Waals surface area contributed by atoms with Crippen molar-refractivity contribution >= 4 is 29.5 Å². The van der Waals surface area contributed by atoms with Crippen molar-refractivity contribution in [3.63, 3.8) is 0 Å². The van der Waals surface area contributed by atoms with E-state index in [-0.39, 0.29) is 29.5 Å². The van der Waals surface area contributed by atoms with Crippen molar-refractivity contribution in [2.75, 3.05) is 6.61 Å². The van der Waals surface area contributed by atoms with E-state index in [0.29, 0.717) is 10.7 Å². The molecule has 3 rings (SSSR count). The largest absolute Gasteiger partial charge is 0.484 e. The number of fused-ring (bicyclic) bond motifs is 1. The minimum atomic E-state index is -0.684. The minimum Gasteiger partial charge on any atom is -0.484 e. The number of amides is 2. The third-order valence-electron chi connectivity index (χ3n) is 3.94. The summed E-state index contributed by atoms with van der Waals surface area (Å²) in [6.07, 6.45) is 0. The average molecular weight is 390 g/mol. The molecule has 1 N–H and O–H groups in total. The lowest BCUT2D eigenvalue weighted by atomic mass is 10.1. The molecule has 0 bridgehead atoms. The van der Waals surface area contributed by atoms with Gasteiger partial charge in [-0.1, -0.05) is 18.2 Å². The number of β-lactam (4-membered cyclic amide) rings is 1. The van der Waals surface area contributed by atoms with Crippen molar-refractivity contribution in [1.29, 1.82) is 0 Å². The number of rotatable bonds is 5. The Kier molecular flexibility index (Phi) is 5.19. The monoisotopic (exact) mass is 390 g/mol. The van der Waals surface area contributed by atoms with Gasteiger partial charge in [0.1, 0.15) is 28.5 Å². The second-order valence-electron chi connectivity index (χ2n) is 7.27. The van der Waals surface area contributed by atoms with Crippen LogP contribution in [0.2, 0.25) is 0 Å². The summed E-state index contributed by atoms with van der Waals surface area (Å²) in [5, 5.41) is 2.35. The lowest BCUT2D eigenvalue weighted by molar-refractivity contribution is -0.158. The third kappa shape index (κ3) is 4.10. The SMILES string of the molecule is CC1=C(C(=O)OC(C)(C)C)N2C(=O)[C@@H](NC(=O)COc3ccccc3)[C@@H]2S1. The summed E-state index contributed by atoms with van der Waals surface area (Å²) >= 11 is 1.37. The van der Waals surface area contributed by atoms with Crippen LogP contribution in [-0.4, -0.2) is 46.3 Å². The standard InChI is InChI=1S/C19H22N2O5S/c1-11-15(18(24)26-19(2,3)4)21-16(23)14(17(21)27-11)20-13(22)10-25-12-8-6-5-7-9-12/h5-9,14,17H,10H2,1-4H3,(H,20,22)/t14-,17+/m1/s1. The van der Waals surface area contributed by atoms with Crippen molar-refractivity contribution in [3.8, 4) is 5.75 Å². The molecule has 0 unspecified atom stereocenters. The number of thioether (sulfide) groups is 1. The van der Waals surface area contributed by atoms with Gasteiger partial charge < -0.3 is 14.8 Å². The number of benzene rings is 1. The number of para-hydroxylation sites is 1. The molecule has 1 fully saturated rings. The van der Waals surface area contributed by atoms with E-state index in [1.54, 1.807) is 39.8 Å². The van der Waals surface area contributed by atoms with Gasteiger partial charge >= 0.3 is 5.97 Å².